The maximum atomic E-state index is 12.5. The van der Waals surface area contributed by atoms with Gasteiger partial charge in [0.05, 0.1) is 12.6 Å². The van der Waals surface area contributed by atoms with Crippen molar-refractivity contribution in [1.82, 2.24) is 14.7 Å². The molecule has 0 spiro atoms. The Labute approximate surface area is 120 Å². The second-order valence-electron chi connectivity index (χ2n) is 5.50. The van der Waals surface area contributed by atoms with Gasteiger partial charge in [-0.25, -0.2) is 4.79 Å². The van der Waals surface area contributed by atoms with Gasteiger partial charge in [0, 0.05) is 26.2 Å². The van der Waals surface area contributed by atoms with Crippen molar-refractivity contribution < 1.29 is 14.3 Å². The Morgan fingerprint density at radius 3 is 2.30 bits per heavy atom. The largest absolute Gasteiger partial charge is 0.450 e. The molecule has 6 heteroatoms. The molecule has 0 aromatic rings. The summed E-state index contributed by atoms with van der Waals surface area (Å²) in [5.41, 5.74) is 0. The molecule has 1 atom stereocenters. The van der Waals surface area contributed by atoms with Gasteiger partial charge in [-0.15, -0.1) is 0 Å². The molecule has 6 nitrogen and oxygen atoms in total. The maximum absolute atomic E-state index is 12.5. The number of carbonyl (C=O) groups is 2. The fraction of sp³-hybridized carbons (Fsp3) is 0.857. The number of piperidine rings is 1. The van der Waals surface area contributed by atoms with Crippen LogP contribution in [0.25, 0.3) is 0 Å². The number of carbonyl (C=O) groups excluding carboxylic acids is 2. The molecule has 20 heavy (non-hydrogen) atoms. The standard InChI is InChI=1S/C14H25N3O3/c1-3-20-14(19)17-10-8-16(9-11-17)13(18)12-6-4-5-7-15(12)2/h12H,3-11H2,1-2H3. The van der Waals surface area contributed by atoms with E-state index < -0.39 is 0 Å². The van der Waals surface area contributed by atoms with Crippen LogP contribution in [0.2, 0.25) is 0 Å². The average Bonchev–Trinajstić information content (AvgIpc) is 2.47. The monoisotopic (exact) mass is 283 g/mol. The first-order valence-corrected chi connectivity index (χ1v) is 7.54. The van der Waals surface area contributed by atoms with E-state index in [1.807, 2.05) is 11.9 Å². The van der Waals surface area contributed by atoms with Gasteiger partial charge in [0.15, 0.2) is 0 Å². The number of hydrogen-bond acceptors (Lipinski definition) is 4. The van der Waals surface area contributed by atoms with E-state index in [2.05, 4.69) is 4.90 Å². The second-order valence-corrected chi connectivity index (χ2v) is 5.50. The van der Waals surface area contributed by atoms with Crippen LogP contribution in [0.15, 0.2) is 0 Å². The third-order valence-corrected chi connectivity index (χ3v) is 4.17. The summed E-state index contributed by atoms with van der Waals surface area (Å²) in [7, 11) is 2.02. The van der Waals surface area contributed by atoms with Crippen molar-refractivity contribution >= 4 is 12.0 Å². The van der Waals surface area contributed by atoms with Crippen molar-refractivity contribution in [2.24, 2.45) is 0 Å². The van der Waals surface area contributed by atoms with Crippen molar-refractivity contribution in [3.63, 3.8) is 0 Å². The smallest absolute Gasteiger partial charge is 0.409 e. The number of ether oxygens (including phenoxy) is 1. The lowest BCUT2D eigenvalue weighted by Gasteiger charge is -2.39. The van der Waals surface area contributed by atoms with Crippen LogP contribution in [0.5, 0.6) is 0 Å². The Kier molecular flexibility index (Phi) is 5.23. The van der Waals surface area contributed by atoms with Gasteiger partial charge in [0.25, 0.3) is 0 Å². The van der Waals surface area contributed by atoms with E-state index >= 15 is 0 Å². The van der Waals surface area contributed by atoms with E-state index in [4.69, 9.17) is 4.74 Å². The Morgan fingerprint density at radius 2 is 1.70 bits per heavy atom. The van der Waals surface area contributed by atoms with Crippen molar-refractivity contribution in [1.29, 1.82) is 0 Å². The molecular weight excluding hydrogens is 258 g/mol. The van der Waals surface area contributed by atoms with Crippen LogP contribution in [0, 0.1) is 0 Å². The average molecular weight is 283 g/mol. The lowest BCUT2D eigenvalue weighted by atomic mass is 10.0. The molecule has 0 radical (unpaired) electrons. The Bertz CT molecular complexity index is 354. The highest BCUT2D eigenvalue weighted by Crippen LogP contribution is 2.18. The first-order chi connectivity index (χ1) is 9.63. The molecule has 0 saturated carbocycles. The molecule has 2 fully saturated rings. The fourth-order valence-corrected chi connectivity index (χ4v) is 2.92. The normalized spacial score (nSPS) is 24.6. The van der Waals surface area contributed by atoms with Gasteiger partial charge in [-0.1, -0.05) is 6.42 Å². The molecular formula is C14H25N3O3. The SMILES string of the molecule is CCOC(=O)N1CCN(C(=O)C2CCCCN2C)CC1. The first kappa shape index (κ1) is 15.1. The molecule has 2 heterocycles. The topological polar surface area (TPSA) is 53.1 Å². The summed E-state index contributed by atoms with van der Waals surface area (Å²) in [6, 6.07) is 0.0258. The van der Waals surface area contributed by atoms with Crippen LogP contribution >= 0.6 is 0 Å². The van der Waals surface area contributed by atoms with E-state index in [0.717, 1.165) is 19.4 Å². The van der Waals surface area contributed by atoms with E-state index in [0.29, 0.717) is 32.8 Å². The number of hydrogen-bond donors (Lipinski definition) is 0. The minimum absolute atomic E-state index is 0.0258. The fourth-order valence-electron chi connectivity index (χ4n) is 2.92. The van der Waals surface area contributed by atoms with Crippen molar-refractivity contribution in [2.75, 3.05) is 46.4 Å². The van der Waals surface area contributed by atoms with Crippen molar-refractivity contribution in [2.45, 2.75) is 32.2 Å². The molecule has 2 saturated heterocycles. The van der Waals surface area contributed by atoms with E-state index in [9.17, 15) is 9.59 Å². The number of piperazine rings is 1. The molecule has 2 amide bonds. The predicted octanol–water partition coefficient (Wildman–Crippen LogP) is 0.771. The molecule has 0 aromatic carbocycles. The molecule has 2 rings (SSSR count). The Morgan fingerprint density at radius 1 is 1.05 bits per heavy atom. The van der Waals surface area contributed by atoms with Gasteiger partial charge in [-0.05, 0) is 33.4 Å². The van der Waals surface area contributed by atoms with Crippen LogP contribution in [0.1, 0.15) is 26.2 Å². The number of nitrogens with zero attached hydrogens (tertiary/aromatic N) is 3. The first-order valence-electron chi connectivity index (χ1n) is 7.54. The zero-order valence-electron chi connectivity index (χ0n) is 12.5. The zero-order chi connectivity index (χ0) is 14.5. The van der Waals surface area contributed by atoms with Gasteiger partial charge in [-0.3, -0.25) is 9.69 Å². The third kappa shape index (κ3) is 3.42. The predicted molar refractivity (Wildman–Crippen MR) is 75.4 cm³/mol. The van der Waals surface area contributed by atoms with Crippen LogP contribution in [-0.2, 0) is 9.53 Å². The van der Waals surface area contributed by atoms with Crippen LogP contribution in [0.4, 0.5) is 4.79 Å². The van der Waals surface area contributed by atoms with Gasteiger partial charge in [0.2, 0.25) is 5.91 Å². The van der Waals surface area contributed by atoms with E-state index in [-0.39, 0.29) is 18.0 Å². The van der Waals surface area contributed by atoms with Gasteiger partial charge in [-0.2, -0.15) is 0 Å². The summed E-state index contributed by atoms with van der Waals surface area (Å²) in [4.78, 5) is 29.9. The number of likely N-dealkylation sites (tertiary alicyclic amines) is 1. The highest BCUT2D eigenvalue weighted by molar-refractivity contribution is 5.82. The molecule has 0 bridgehead atoms. The summed E-state index contributed by atoms with van der Waals surface area (Å²) in [6.07, 6.45) is 2.99. The highest BCUT2D eigenvalue weighted by atomic mass is 16.6. The molecule has 1 unspecified atom stereocenters. The lowest BCUT2D eigenvalue weighted by Crippen LogP contribution is -2.56. The van der Waals surface area contributed by atoms with Gasteiger partial charge < -0.3 is 14.5 Å². The van der Waals surface area contributed by atoms with E-state index in [1.165, 1.54) is 6.42 Å². The Hall–Kier alpha value is -1.30. The third-order valence-electron chi connectivity index (χ3n) is 4.17. The van der Waals surface area contributed by atoms with Crippen LogP contribution in [-0.4, -0.2) is 79.1 Å². The number of likely N-dealkylation sites (N-methyl/N-ethyl adjacent to an activating group) is 1. The molecule has 2 aliphatic rings. The van der Waals surface area contributed by atoms with Gasteiger partial charge in [0.1, 0.15) is 0 Å². The summed E-state index contributed by atoms with van der Waals surface area (Å²) < 4.78 is 4.99. The summed E-state index contributed by atoms with van der Waals surface area (Å²) in [5, 5.41) is 0. The minimum atomic E-state index is -0.269. The highest BCUT2D eigenvalue weighted by Gasteiger charge is 2.32. The van der Waals surface area contributed by atoms with Crippen molar-refractivity contribution in [3.8, 4) is 0 Å². The molecule has 0 N–H and O–H groups in total. The minimum Gasteiger partial charge on any atom is -0.450 e. The van der Waals surface area contributed by atoms with E-state index in [1.54, 1.807) is 11.8 Å². The van der Waals surface area contributed by atoms with Crippen LogP contribution in [0.3, 0.4) is 0 Å². The lowest BCUT2D eigenvalue weighted by molar-refractivity contribution is -0.139. The Balaban J connectivity index is 1.83. The number of rotatable bonds is 2. The second kappa shape index (κ2) is 6.92. The summed E-state index contributed by atoms with van der Waals surface area (Å²) in [5.74, 6) is 0.218. The van der Waals surface area contributed by atoms with Crippen molar-refractivity contribution in [3.05, 3.63) is 0 Å². The summed E-state index contributed by atoms with van der Waals surface area (Å²) in [6.45, 7) is 5.56. The molecule has 0 aromatic heterocycles. The maximum Gasteiger partial charge on any atom is 0.409 e. The molecule has 0 aliphatic carbocycles. The molecule has 114 valence electrons. The van der Waals surface area contributed by atoms with Crippen LogP contribution < -0.4 is 0 Å². The zero-order valence-corrected chi connectivity index (χ0v) is 12.5. The number of amides is 2. The quantitative estimate of drug-likeness (QED) is 0.751. The summed E-state index contributed by atoms with van der Waals surface area (Å²) >= 11 is 0. The molecule has 2 aliphatic heterocycles. The van der Waals surface area contributed by atoms with Gasteiger partial charge >= 0.3 is 6.09 Å².